The Bertz CT molecular complexity index is 443. The molecule has 0 fully saturated rings. The number of benzene rings is 1. The third kappa shape index (κ3) is 5.06. The molecule has 0 aromatic heterocycles. The third-order valence-corrected chi connectivity index (χ3v) is 3.82. The number of carbonyl (C=O) groups is 1. The Balaban J connectivity index is 3.03. The van der Waals surface area contributed by atoms with Gasteiger partial charge in [0, 0.05) is 28.7 Å². The largest absolute Gasteiger partial charge is 0.441 e. The number of amides is 1. The van der Waals surface area contributed by atoms with Gasteiger partial charge in [0.05, 0.1) is 6.61 Å². The summed E-state index contributed by atoms with van der Waals surface area (Å²) in [6.07, 6.45) is -1.12. The second-order valence-electron chi connectivity index (χ2n) is 5.56. The van der Waals surface area contributed by atoms with E-state index in [9.17, 15) is 4.79 Å². The number of ether oxygens (including phenoxy) is 2. The fourth-order valence-corrected chi connectivity index (χ4v) is 2.87. The smallest absolute Gasteiger partial charge is 0.405 e. The van der Waals surface area contributed by atoms with Crippen molar-refractivity contribution in [1.29, 1.82) is 0 Å². The van der Waals surface area contributed by atoms with Gasteiger partial charge in [-0.1, -0.05) is 39.0 Å². The molecule has 2 N–H and O–H groups in total. The highest BCUT2D eigenvalue weighted by Crippen LogP contribution is 2.40. The van der Waals surface area contributed by atoms with Gasteiger partial charge >= 0.3 is 6.09 Å². The number of hydrogen-bond acceptors (Lipinski definition) is 4. The summed E-state index contributed by atoms with van der Waals surface area (Å²) in [5, 5.41) is 0. The molecule has 0 saturated heterocycles. The van der Waals surface area contributed by atoms with Crippen LogP contribution in [0.1, 0.15) is 32.4 Å². The zero-order chi connectivity index (χ0) is 15.2. The van der Waals surface area contributed by atoms with E-state index in [2.05, 4.69) is 0 Å². The van der Waals surface area contributed by atoms with Crippen LogP contribution in [0.2, 0.25) is 0 Å². The van der Waals surface area contributed by atoms with Crippen molar-refractivity contribution in [2.45, 2.75) is 31.8 Å². The van der Waals surface area contributed by atoms with E-state index in [4.69, 9.17) is 15.2 Å². The summed E-state index contributed by atoms with van der Waals surface area (Å²) in [7, 11) is 1.68. The predicted octanol–water partition coefficient (Wildman–Crippen LogP) is 3.61. The average molecular weight is 297 g/mol. The summed E-state index contributed by atoms with van der Waals surface area (Å²) in [5.74, 6) is 0.848. The van der Waals surface area contributed by atoms with Crippen molar-refractivity contribution in [1.82, 2.24) is 0 Å². The van der Waals surface area contributed by atoms with Crippen LogP contribution < -0.4 is 5.73 Å². The lowest BCUT2D eigenvalue weighted by atomic mass is 9.84. The quantitative estimate of drug-likeness (QED) is 0.643. The Hall–Kier alpha value is -1.20. The van der Waals surface area contributed by atoms with Crippen LogP contribution in [-0.4, -0.2) is 25.6 Å². The molecule has 5 heteroatoms. The van der Waals surface area contributed by atoms with E-state index >= 15 is 0 Å². The number of primary amides is 1. The fourth-order valence-electron chi connectivity index (χ4n) is 1.89. The minimum Gasteiger partial charge on any atom is -0.441 e. The molecule has 0 saturated carbocycles. The predicted molar refractivity (Wildman–Crippen MR) is 81.9 cm³/mol. The minimum atomic E-state index is -0.749. The molecule has 1 amide bonds. The van der Waals surface area contributed by atoms with Gasteiger partial charge in [-0.2, -0.15) is 0 Å². The molecule has 1 aromatic rings. The molecule has 0 heterocycles. The van der Waals surface area contributed by atoms with Gasteiger partial charge in [-0.05, 0) is 6.07 Å². The topological polar surface area (TPSA) is 61.6 Å². The van der Waals surface area contributed by atoms with E-state index in [1.54, 1.807) is 18.9 Å². The highest BCUT2D eigenvalue weighted by atomic mass is 32.2. The van der Waals surface area contributed by atoms with Gasteiger partial charge in [-0.25, -0.2) is 4.79 Å². The first-order valence-corrected chi connectivity index (χ1v) is 7.51. The number of carbonyl (C=O) groups excluding carboxylic acids is 1. The molecule has 1 rings (SSSR count). The van der Waals surface area contributed by atoms with Crippen molar-refractivity contribution >= 4 is 17.9 Å². The maximum absolute atomic E-state index is 11.2. The Kier molecular flexibility index (Phi) is 6.36. The van der Waals surface area contributed by atoms with Gasteiger partial charge in [0.1, 0.15) is 6.10 Å². The number of rotatable bonds is 6. The molecule has 1 unspecified atom stereocenters. The molecular formula is C15H23NO3S. The average Bonchev–Trinajstić information content (AvgIpc) is 2.36. The maximum Gasteiger partial charge on any atom is 0.405 e. The van der Waals surface area contributed by atoms with Gasteiger partial charge in [0.15, 0.2) is 0 Å². The van der Waals surface area contributed by atoms with E-state index in [0.29, 0.717) is 6.61 Å². The SMILES string of the molecule is COCCSc1ccccc1C(OC(N)=O)C(C)(C)C. The van der Waals surface area contributed by atoms with Crippen molar-refractivity contribution in [2.75, 3.05) is 19.5 Å². The number of hydrogen-bond donors (Lipinski definition) is 1. The summed E-state index contributed by atoms with van der Waals surface area (Å²) in [6.45, 7) is 6.75. The van der Waals surface area contributed by atoms with Crippen molar-refractivity contribution in [2.24, 2.45) is 11.1 Å². The zero-order valence-corrected chi connectivity index (χ0v) is 13.3. The van der Waals surface area contributed by atoms with Crippen LogP contribution in [-0.2, 0) is 9.47 Å². The van der Waals surface area contributed by atoms with E-state index < -0.39 is 6.09 Å². The first-order chi connectivity index (χ1) is 9.36. The summed E-state index contributed by atoms with van der Waals surface area (Å²) in [4.78, 5) is 12.3. The normalized spacial score (nSPS) is 13.0. The lowest BCUT2D eigenvalue weighted by Crippen LogP contribution is -2.27. The Morgan fingerprint density at radius 3 is 2.55 bits per heavy atom. The highest BCUT2D eigenvalue weighted by Gasteiger charge is 2.31. The molecule has 20 heavy (non-hydrogen) atoms. The molecule has 112 valence electrons. The van der Waals surface area contributed by atoms with Gasteiger partial charge < -0.3 is 15.2 Å². The monoisotopic (exact) mass is 297 g/mol. The van der Waals surface area contributed by atoms with E-state index in [-0.39, 0.29) is 11.5 Å². The summed E-state index contributed by atoms with van der Waals surface area (Å²) >= 11 is 1.69. The molecule has 4 nitrogen and oxygen atoms in total. The van der Waals surface area contributed by atoms with Crippen LogP contribution in [0.15, 0.2) is 29.2 Å². The standard InChI is InChI=1S/C15H23NO3S/c1-15(2,3)13(19-14(16)17)11-7-5-6-8-12(11)20-10-9-18-4/h5-8,13H,9-10H2,1-4H3,(H2,16,17). The summed E-state index contributed by atoms with van der Waals surface area (Å²) in [5.41, 5.74) is 5.97. The van der Waals surface area contributed by atoms with Crippen LogP contribution in [0.3, 0.4) is 0 Å². The van der Waals surface area contributed by atoms with Crippen LogP contribution in [0.4, 0.5) is 4.79 Å². The molecule has 0 aliphatic carbocycles. The fraction of sp³-hybridized carbons (Fsp3) is 0.533. The van der Waals surface area contributed by atoms with Crippen molar-refractivity contribution in [3.8, 4) is 0 Å². The van der Waals surface area contributed by atoms with Crippen LogP contribution in [0.25, 0.3) is 0 Å². The summed E-state index contributed by atoms with van der Waals surface area (Å²) < 4.78 is 10.4. The highest BCUT2D eigenvalue weighted by molar-refractivity contribution is 7.99. The van der Waals surface area contributed by atoms with Crippen LogP contribution in [0.5, 0.6) is 0 Å². The van der Waals surface area contributed by atoms with Crippen LogP contribution in [0, 0.1) is 5.41 Å². The van der Waals surface area contributed by atoms with Gasteiger partial charge in [-0.3, -0.25) is 0 Å². The number of thioether (sulfide) groups is 1. The minimum absolute atomic E-state index is 0.229. The zero-order valence-electron chi connectivity index (χ0n) is 12.5. The molecule has 0 radical (unpaired) electrons. The van der Waals surface area contributed by atoms with Crippen molar-refractivity contribution in [3.63, 3.8) is 0 Å². The van der Waals surface area contributed by atoms with E-state index in [0.717, 1.165) is 16.2 Å². The molecule has 0 bridgehead atoms. The second kappa shape index (κ2) is 7.55. The molecule has 0 aliphatic heterocycles. The van der Waals surface area contributed by atoms with E-state index in [1.165, 1.54) is 0 Å². The molecule has 1 atom stereocenters. The first kappa shape index (κ1) is 16.9. The Labute approximate surface area is 125 Å². The maximum atomic E-state index is 11.2. The molecule has 0 spiro atoms. The third-order valence-electron chi connectivity index (χ3n) is 2.77. The number of methoxy groups -OCH3 is 1. The lowest BCUT2D eigenvalue weighted by molar-refractivity contribution is 0.0343. The molecule has 0 aliphatic rings. The summed E-state index contributed by atoms with van der Waals surface area (Å²) in [6, 6.07) is 7.92. The Morgan fingerprint density at radius 2 is 2.00 bits per heavy atom. The van der Waals surface area contributed by atoms with Gasteiger partial charge in [-0.15, -0.1) is 11.8 Å². The lowest BCUT2D eigenvalue weighted by Gasteiger charge is -2.31. The van der Waals surface area contributed by atoms with Crippen molar-refractivity contribution in [3.05, 3.63) is 29.8 Å². The number of nitrogens with two attached hydrogens (primary N) is 1. The second-order valence-corrected chi connectivity index (χ2v) is 6.70. The first-order valence-electron chi connectivity index (χ1n) is 6.53. The van der Waals surface area contributed by atoms with Crippen LogP contribution >= 0.6 is 11.8 Å². The Morgan fingerprint density at radius 1 is 1.35 bits per heavy atom. The molecule has 1 aromatic carbocycles. The molecular weight excluding hydrogens is 274 g/mol. The van der Waals surface area contributed by atoms with Gasteiger partial charge in [0.2, 0.25) is 0 Å². The van der Waals surface area contributed by atoms with E-state index in [1.807, 2.05) is 45.0 Å². The van der Waals surface area contributed by atoms with Gasteiger partial charge in [0.25, 0.3) is 0 Å². The van der Waals surface area contributed by atoms with Crippen molar-refractivity contribution < 1.29 is 14.3 Å².